The summed E-state index contributed by atoms with van der Waals surface area (Å²) in [5, 5.41) is 5.59. The highest BCUT2D eigenvalue weighted by Gasteiger charge is 2.14. The molecule has 0 radical (unpaired) electrons. The number of benzene rings is 1. The van der Waals surface area contributed by atoms with Gasteiger partial charge in [0.25, 0.3) is 5.91 Å². The SMILES string of the molecule is C[C@H](NC(=O)CNC(=O)c1ccccc1Cl)c1ccco1. The molecule has 2 rings (SSSR count). The predicted molar refractivity (Wildman–Crippen MR) is 79.1 cm³/mol. The van der Waals surface area contributed by atoms with Crippen molar-refractivity contribution in [3.8, 4) is 0 Å². The molecule has 5 nitrogen and oxygen atoms in total. The summed E-state index contributed by atoms with van der Waals surface area (Å²) in [5.74, 6) is -0.0403. The Hall–Kier alpha value is -2.27. The maximum Gasteiger partial charge on any atom is 0.253 e. The van der Waals surface area contributed by atoms with Gasteiger partial charge < -0.3 is 15.1 Å². The first-order valence-corrected chi connectivity index (χ1v) is 6.81. The minimum Gasteiger partial charge on any atom is -0.467 e. The van der Waals surface area contributed by atoms with Gasteiger partial charge >= 0.3 is 0 Å². The van der Waals surface area contributed by atoms with Gasteiger partial charge in [0.15, 0.2) is 0 Å². The molecule has 0 aliphatic carbocycles. The molecule has 0 aliphatic rings. The van der Waals surface area contributed by atoms with E-state index >= 15 is 0 Å². The van der Waals surface area contributed by atoms with Crippen molar-refractivity contribution < 1.29 is 14.0 Å². The average Bonchev–Trinajstić information content (AvgIpc) is 2.99. The third-order valence-corrected chi connectivity index (χ3v) is 3.21. The first kappa shape index (κ1) is 15.1. The summed E-state index contributed by atoms with van der Waals surface area (Å²) in [7, 11) is 0. The third-order valence-electron chi connectivity index (χ3n) is 2.88. The summed E-state index contributed by atoms with van der Waals surface area (Å²) >= 11 is 5.91. The zero-order valence-corrected chi connectivity index (χ0v) is 12.2. The van der Waals surface area contributed by atoms with Crippen molar-refractivity contribution in [2.45, 2.75) is 13.0 Å². The Morgan fingerprint density at radius 1 is 1.24 bits per heavy atom. The molecule has 0 spiro atoms. The van der Waals surface area contributed by atoms with Crippen molar-refractivity contribution in [2.24, 2.45) is 0 Å². The largest absolute Gasteiger partial charge is 0.467 e. The van der Waals surface area contributed by atoms with Crippen molar-refractivity contribution in [1.82, 2.24) is 10.6 Å². The van der Waals surface area contributed by atoms with Gasteiger partial charge in [0.1, 0.15) is 5.76 Å². The Kier molecular flexibility index (Phi) is 5.00. The zero-order chi connectivity index (χ0) is 15.2. The topological polar surface area (TPSA) is 71.3 Å². The number of hydrogen-bond donors (Lipinski definition) is 2. The molecule has 0 saturated carbocycles. The second-order valence-electron chi connectivity index (χ2n) is 4.47. The lowest BCUT2D eigenvalue weighted by Crippen LogP contribution is -2.38. The maximum atomic E-state index is 11.9. The monoisotopic (exact) mass is 306 g/mol. The van der Waals surface area contributed by atoms with Crippen LogP contribution in [-0.2, 0) is 4.79 Å². The van der Waals surface area contributed by atoms with Crippen LogP contribution >= 0.6 is 11.6 Å². The van der Waals surface area contributed by atoms with Crippen LogP contribution in [0.2, 0.25) is 5.02 Å². The van der Waals surface area contributed by atoms with Gasteiger partial charge in [0.2, 0.25) is 5.91 Å². The van der Waals surface area contributed by atoms with E-state index in [1.165, 1.54) is 6.26 Å². The smallest absolute Gasteiger partial charge is 0.253 e. The number of carbonyl (C=O) groups excluding carboxylic acids is 2. The number of hydrogen-bond acceptors (Lipinski definition) is 3. The van der Waals surface area contributed by atoms with E-state index < -0.39 is 0 Å². The molecule has 1 aromatic carbocycles. The summed E-state index contributed by atoms with van der Waals surface area (Å²) in [4.78, 5) is 23.7. The molecule has 1 heterocycles. The van der Waals surface area contributed by atoms with E-state index in [1.54, 1.807) is 43.3 Å². The zero-order valence-electron chi connectivity index (χ0n) is 11.4. The normalized spacial score (nSPS) is 11.7. The molecular formula is C15H15ClN2O3. The van der Waals surface area contributed by atoms with E-state index in [1.807, 2.05) is 0 Å². The fourth-order valence-corrected chi connectivity index (χ4v) is 2.02. The van der Waals surface area contributed by atoms with Crippen molar-refractivity contribution in [1.29, 1.82) is 0 Å². The third kappa shape index (κ3) is 4.10. The van der Waals surface area contributed by atoms with Gasteiger partial charge in [-0.2, -0.15) is 0 Å². The average molecular weight is 307 g/mol. The van der Waals surface area contributed by atoms with Crippen LogP contribution in [0, 0.1) is 0 Å². The Morgan fingerprint density at radius 3 is 2.67 bits per heavy atom. The molecule has 2 N–H and O–H groups in total. The van der Waals surface area contributed by atoms with Gasteiger partial charge in [-0.1, -0.05) is 23.7 Å². The van der Waals surface area contributed by atoms with Crippen molar-refractivity contribution >= 4 is 23.4 Å². The van der Waals surface area contributed by atoms with E-state index in [0.717, 1.165) is 0 Å². The van der Waals surface area contributed by atoms with Crippen LogP contribution in [0.3, 0.4) is 0 Å². The van der Waals surface area contributed by atoms with Crippen LogP contribution in [-0.4, -0.2) is 18.4 Å². The van der Waals surface area contributed by atoms with Gasteiger partial charge in [-0.3, -0.25) is 9.59 Å². The second kappa shape index (κ2) is 6.95. The first-order chi connectivity index (χ1) is 10.1. The number of amides is 2. The van der Waals surface area contributed by atoms with Gasteiger partial charge in [-0.25, -0.2) is 0 Å². The molecule has 0 bridgehead atoms. The fourth-order valence-electron chi connectivity index (χ4n) is 1.80. The molecule has 1 aromatic heterocycles. The molecule has 21 heavy (non-hydrogen) atoms. The van der Waals surface area contributed by atoms with Crippen LogP contribution in [0.4, 0.5) is 0 Å². The van der Waals surface area contributed by atoms with Crippen LogP contribution < -0.4 is 10.6 Å². The molecule has 110 valence electrons. The molecule has 2 amide bonds. The number of furan rings is 1. The lowest BCUT2D eigenvalue weighted by Gasteiger charge is -2.12. The maximum absolute atomic E-state index is 11.9. The highest BCUT2D eigenvalue weighted by Crippen LogP contribution is 2.14. The van der Waals surface area contributed by atoms with Crippen molar-refractivity contribution in [2.75, 3.05) is 6.54 Å². The van der Waals surface area contributed by atoms with Gasteiger partial charge in [-0.05, 0) is 31.2 Å². The summed E-state index contributed by atoms with van der Waals surface area (Å²) < 4.78 is 5.19. The van der Waals surface area contributed by atoms with E-state index in [4.69, 9.17) is 16.0 Å². The predicted octanol–water partition coefficient (Wildman–Crippen LogP) is 2.54. The summed E-state index contributed by atoms with van der Waals surface area (Å²) in [5.41, 5.74) is 0.339. The number of carbonyl (C=O) groups is 2. The molecule has 0 saturated heterocycles. The molecule has 0 unspecified atom stereocenters. The number of rotatable bonds is 5. The summed E-state index contributed by atoms with van der Waals surface area (Å²) in [6.07, 6.45) is 1.54. The van der Waals surface area contributed by atoms with Crippen LogP contribution in [0.5, 0.6) is 0 Å². The summed E-state index contributed by atoms with van der Waals surface area (Å²) in [6.45, 7) is 1.67. The lowest BCUT2D eigenvalue weighted by atomic mass is 10.2. The minimum absolute atomic E-state index is 0.130. The summed E-state index contributed by atoms with van der Waals surface area (Å²) in [6, 6.07) is 9.92. The highest BCUT2D eigenvalue weighted by molar-refractivity contribution is 6.33. The second-order valence-corrected chi connectivity index (χ2v) is 4.87. The van der Waals surface area contributed by atoms with E-state index in [-0.39, 0.29) is 24.4 Å². The highest BCUT2D eigenvalue weighted by atomic mass is 35.5. The first-order valence-electron chi connectivity index (χ1n) is 6.43. The van der Waals surface area contributed by atoms with Gasteiger partial charge in [0.05, 0.1) is 29.4 Å². The van der Waals surface area contributed by atoms with Gasteiger partial charge in [-0.15, -0.1) is 0 Å². The van der Waals surface area contributed by atoms with E-state index in [2.05, 4.69) is 10.6 Å². The lowest BCUT2D eigenvalue weighted by molar-refractivity contribution is -0.120. The van der Waals surface area contributed by atoms with Crippen LogP contribution in [0.1, 0.15) is 29.1 Å². The quantitative estimate of drug-likeness (QED) is 0.891. The minimum atomic E-state index is -0.388. The Labute approximate surface area is 127 Å². The molecule has 1 atom stereocenters. The number of halogens is 1. The van der Waals surface area contributed by atoms with Crippen LogP contribution in [0.15, 0.2) is 47.1 Å². The molecule has 6 heteroatoms. The Balaban J connectivity index is 1.84. The van der Waals surface area contributed by atoms with Crippen LogP contribution in [0.25, 0.3) is 0 Å². The standard InChI is InChI=1S/C15H15ClN2O3/c1-10(13-7-4-8-21-13)18-14(19)9-17-15(20)11-5-2-3-6-12(11)16/h2-8,10H,9H2,1H3,(H,17,20)(H,18,19)/t10-/m0/s1. The number of nitrogens with one attached hydrogen (secondary N) is 2. The molecule has 0 fully saturated rings. The fraction of sp³-hybridized carbons (Fsp3) is 0.200. The Bertz CT molecular complexity index is 626. The van der Waals surface area contributed by atoms with E-state index in [9.17, 15) is 9.59 Å². The molecule has 0 aliphatic heterocycles. The van der Waals surface area contributed by atoms with E-state index in [0.29, 0.717) is 16.3 Å². The van der Waals surface area contributed by atoms with Crippen molar-refractivity contribution in [3.63, 3.8) is 0 Å². The van der Waals surface area contributed by atoms with Crippen molar-refractivity contribution in [3.05, 3.63) is 59.0 Å². The molecular weight excluding hydrogens is 292 g/mol. The molecule has 2 aromatic rings. The Morgan fingerprint density at radius 2 is 2.00 bits per heavy atom. The van der Waals surface area contributed by atoms with Gasteiger partial charge in [0, 0.05) is 0 Å².